The quantitative estimate of drug-likeness (QED) is 0.830. The molecule has 0 bridgehead atoms. The molecule has 0 radical (unpaired) electrons. The van der Waals surface area contributed by atoms with Crippen LogP contribution in [0.15, 0.2) is 18.2 Å². The Hall–Kier alpha value is -1.59. The van der Waals surface area contributed by atoms with Crippen molar-refractivity contribution in [3.63, 3.8) is 0 Å². The number of nitrogens with zero attached hydrogens (tertiary/aromatic N) is 1. The van der Waals surface area contributed by atoms with Gasteiger partial charge in [0, 0.05) is 25.7 Å². The molecule has 1 aromatic carbocycles. The van der Waals surface area contributed by atoms with Crippen LogP contribution >= 0.6 is 0 Å². The molecule has 0 spiro atoms. The number of likely N-dealkylation sites (tertiary alicyclic amines) is 1. The largest absolute Gasteiger partial charge is 0.496 e. The molecule has 1 aliphatic carbocycles. The highest BCUT2D eigenvalue weighted by Crippen LogP contribution is 2.41. The van der Waals surface area contributed by atoms with Gasteiger partial charge >= 0.3 is 0 Å². The molecule has 126 valence electrons. The summed E-state index contributed by atoms with van der Waals surface area (Å²) < 4.78 is 5.32. The lowest BCUT2D eigenvalue weighted by molar-refractivity contribution is -0.124. The van der Waals surface area contributed by atoms with Crippen molar-refractivity contribution in [1.29, 1.82) is 0 Å². The van der Waals surface area contributed by atoms with Gasteiger partial charge in [0.2, 0.25) is 5.91 Å². The Balaban J connectivity index is 1.64. The molecule has 2 fully saturated rings. The maximum Gasteiger partial charge on any atom is 0.245 e. The normalized spacial score (nSPS) is 24.7. The topological polar surface area (TPSA) is 61.8 Å². The predicted molar refractivity (Wildman–Crippen MR) is 88.2 cm³/mol. The first-order valence-corrected chi connectivity index (χ1v) is 8.36. The average Bonchev–Trinajstić information content (AvgIpc) is 3.30. The molecule has 5 heteroatoms. The van der Waals surface area contributed by atoms with Crippen LogP contribution in [0.3, 0.4) is 0 Å². The number of hydrogen-bond acceptors (Lipinski definition) is 4. The Morgan fingerprint density at radius 2 is 2.17 bits per heavy atom. The number of carbonyl (C=O) groups excluding carboxylic acids is 1. The van der Waals surface area contributed by atoms with Crippen molar-refractivity contribution in [1.82, 2.24) is 10.2 Å². The molecule has 1 aromatic rings. The second-order valence-electron chi connectivity index (χ2n) is 6.83. The molecule has 3 rings (SSSR count). The summed E-state index contributed by atoms with van der Waals surface area (Å²) in [6, 6.07) is 6.47. The summed E-state index contributed by atoms with van der Waals surface area (Å²) in [4.78, 5) is 14.0. The summed E-state index contributed by atoms with van der Waals surface area (Å²) in [7, 11) is 1.69. The van der Waals surface area contributed by atoms with Gasteiger partial charge in [0.05, 0.1) is 7.11 Å². The first kappa shape index (κ1) is 16.3. The molecule has 1 saturated carbocycles. The van der Waals surface area contributed by atoms with Crippen LogP contribution in [-0.4, -0.2) is 48.8 Å². The smallest absolute Gasteiger partial charge is 0.245 e. The molecule has 5 nitrogen and oxygen atoms in total. The number of aliphatic hydroxyl groups excluding tert-OH is 1. The van der Waals surface area contributed by atoms with Gasteiger partial charge in [-0.3, -0.25) is 9.69 Å². The van der Waals surface area contributed by atoms with Crippen LogP contribution in [0.25, 0.3) is 0 Å². The molecular formula is C18H26N2O3. The van der Waals surface area contributed by atoms with Crippen LogP contribution in [0.1, 0.15) is 24.0 Å². The first-order chi connectivity index (χ1) is 11.1. The number of aryl methyl sites for hydroxylation is 1. The van der Waals surface area contributed by atoms with E-state index >= 15 is 0 Å². The van der Waals surface area contributed by atoms with E-state index in [4.69, 9.17) is 9.84 Å². The van der Waals surface area contributed by atoms with E-state index in [9.17, 15) is 4.79 Å². The van der Waals surface area contributed by atoms with Crippen molar-refractivity contribution in [2.45, 2.75) is 32.4 Å². The van der Waals surface area contributed by atoms with Crippen LogP contribution in [0.5, 0.6) is 5.75 Å². The number of aliphatic hydroxyl groups is 1. The molecule has 2 aliphatic rings. The van der Waals surface area contributed by atoms with E-state index in [1.54, 1.807) is 7.11 Å². The third kappa shape index (κ3) is 3.85. The number of methoxy groups -OCH3 is 1. The molecule has 0 aromatic heterocycles. The Bertz CT molecular complexity index is 571. The van der Waals surface area contributed by atoms with Crippen LogP contribution in [-0.2, 0) is 11.3 Å². The zero-order chi connectivity index (χ0) is 16.4. The molecule has 1 aliphatic heterocycles. The average molecular weight is 318 g/mol. The fourth-order valence-corrected chi connectivity index (χ4v) is 3.75. The van der Waals surface area contributed by atoms with E-state index in [1.807, 2.05) is 6.07 Å². The fourth-order valence-electron chi connectivity index (χ4n) is 3.75. The van der Waals surface area contributed by atoms with E-state index in [-0.39, 0.29) is 11.9 Å². The van der Waals surface area contributed by atoms with Gasteiger partial charge in [0.25, 0.3) is 0 Å². The molecule has 0 unspecified atom stereocenters. The minimum Gasteiger partial charge on any atom is -0.496 e. The standard InChI is InChI=1S/C18H26N2O3/c1-12-7-13(3-6-17(12)23-2)8-20-9-15(14-4-5-14)16(10-20)19-18(22)11-21/h3,6-7,14-16,21H,4-5,8-11H2,1-2H3,(H,19,22)/t15-,16+/m0/s1. The minimum atomic E-state index is -0.425. The van der Waals surface area contributed by atoms with E-state index in [2.05, 4.69) is 29.3 Å². The number of nitrogens with one attached hydrogen (secondary N) is 1. The molecule has 23 heavy (non-hydrogen) atoms. The van der Waals surface area contributed by atoms with Crippen LogP contribution in [0.4, 0.5) is 0 Å². The summed E-state index contributed by atoms with van der Waals surface area (Å²) in [5, 5.41) is 12.0. The molecule has 2 N–H and O–H groups in total. The van der Waals surface area contributed by atoms with Gasteiger partial charge < -0.3 is 15.2 Å². The monoisotopic (exact) mass is 318 g/mol. The second kappa shape index (κ2) is 6.89. The van der Waals surface area contributed by atoms with Gasteiger partial charge in [-0.15, -0.1) is 0 Å². The van der Waals surface area contributed by atoms with Gasteiger partial charge in [0.15, 0.2) is 0 Å². The fraction of sp³-hybridized carbons (Fsp3) is 0.611. The highest BCUT2D eigenvalue weighted by Gasteiger charge is 2.42. The molecule has 1 heterocycles. The lowest BCUT2D eigenvalue weighted by Gasteiger charge is -2.18. The van der Waals surface area contributed by atoms with Gasteiger partial charge in [-0.2, -0.15) is 0 Å². The van der Waals surface area contributed by atoms with Crippen molar-refractivity contribution >= 4 is 5.91 Å². The van der Waals surface area contributed by atoms with Gasteiger partial charge in [-0.05, 0) is 48.8 Å². The molecular weight excluding hydrogens is 292 g/mol. The summed E-state index contributed by atoms with van der Waals surface area (Å²) in [6.07, 6.45) is 2.54. The highest BCUT2D eigenvalue weighted by atomic mass is 16.5. The lowest BCUT2D eigenvalue weighted by Crippen LogP contribution is -2.42. The zero-order valence-corrected chi connectivity index (χ0v) is 13.9. The first-order valence-electron chi connectivity index (χ1n) is 8.36. The SMILES string of the molecule is COc1ccc(CN2C[C@@H](NC(=O)CO)[C@H](C3CC3)C2)cc1C. The van der Waals surface area contributed by atoms with Crippen molar-refractivity contribution in [3.05, 3.63) is 29.3 Å². The number of rotatable bonds is 6. The number of ether oxygens (including phenoxy) is 1. The number of carbonyl (C=O) groups is 1. The Labute approximate surface area is 137 Å². The third-order valence-electron chi connectivity index (χ3n) is 5.02. The zero-order valence-electron chi connectivity index (χ0n) is 13.9. The summed E-state index contributed by atoms with van der Waals surface area (Å²) in [6.45, 7) is 4.40. The van der Waals surface area contributed by atoms with Crippen molar-refractivity contribution in [2.75, 3.05) is 26.8 Å². The molecule has 1 saturated heterocycles. The number of amides is 1. The Morgan fingerprint density at radius 1 is 1.39 bits per heavy atom. The lowest BCUT2D eigenvalue weighted by atomic mass is 9.98. The molecule has 2 atom stereocenters. The number of hydrogen-bond donors (Lipinski definition) is 2. The van der Waals surface area contributed by atoms with Crippen LogP contribution < -0.4 is 10.1 Å². The highest BCUT2D eigenvalue weighted by molar-refractivity contribution is 5.77. The Kier molecular flexibility index (Phi) is 4.87. The summed E-state index contributed by atoms with van der Waals surface area (Å²) >= 11 is 0. The third-order valence-corrected chi connectivity index (χ3v) is 5.02. The van der Waals surface area contributed by atoms with Crippen LogP contribution in [0.2, 0.25) is 0 Å². The maximum absolute atomic E-state index is 11.5. The van der Waals surface area contributed by atoms with E-state index in [0.29, 0.717) is 5.92 Å². The van der Waals surface area contributed by atoms with Gasteiger partial charge in [-0.25, -0.2) is 0 Å². The summed E-state index contributed by atoms with van der Waals surface area (Å²) in [5.41, 5.74) is 2.42. The molecule has 1 amide bonds. The van der Waals surface area contributed by atoms with E-state index < -0.39 is 6.61 Å². The maximum atomic E-state index is 11.5. The van der Waals surface area contributed by atoms with Crippen molar-refractivity contribution < 1.29 is 14.6 Å². The second-order valence-corrected chi connectivity index (χ2v) is 6.83. The number of benzene rings is 1. The minimum absolute atomic E-state index is 0.168. The van der Waals surface area contributed by atoms with E-state index in [0.717, 1.165) is 36.9 Å². The van der Waals surface area contributed by atoms with Crippen LogP contribution in [0, 0.1) is 18.8 Å². The summed E-state index contributed by atoms with van der Waals surface area (Å²) in [5.74, 6) is 1.91. The van der Waals surface area contributed by atoms with Gasteiger partial charge in [-0.1, -0.05) is 12.1 Å². The predicted octanol–water partition coefficient (Wildman–Crippen LogP) is 1.32. The Morgan fingerprint density at radius 3 is 2.78 bits per heavy atom. The van der Waals surface area contributed by atoms with Gasteiger partial charge in [0.1, 0.15) is 12.4 Å². The van der Waals surface area contributed by atoms with E-state index in [1.165, 1.54) is 18.4 Å². The van der Waals surface area contributed by atoms with Crippen molar-refractivity contribution in [2.24, 2.45) is 11.8 Å². The van der Waals surface area contributed by atoms with Crippen molar-refractivity contribution in [3.8, 4) is 5.75 Å².